The zero-order chi connectivity index (χ0) is 16.4. The summed E-state index contributed by atoms with van der Waals surface area (Å²) >= 11 is 0. The maximum atomic E-state index is 11.6. The largest absolute Gasteiger partial charge is 0.484 e. The summed E-state index contributed by atoms with van der Waals surface area (Å²) in [6, 6.07) is 7.44. The van der Waals surface area contributed by atoms with Crippen LogP contribution in [0.3, 0.4) is 0 Å². The van der Waals surface area contributed by atoms with E-state index < -0.39 is 0 Å². The van der Waals surface area contributed by atoms with Crippen molar-refractivity contribution in [2.45, 2.75) is 33.6 Å². The highest BCUT2D eigenvalue weighted by molar-refractivity contribution is 6.00. The molecule has 120 valence electrons. The van der Waals surface area contributed by atoms with E-state index in [-0.39, 0.29) is 24.8 Å². The highest BCUT2D eigenvalue weighted by atomic mass is 16.5. The van der Waals surface area contributed by atoms with Crippen LogP contribution in [0.5, 0.6) is 5.75 Å². The minimum atomic E-state index is -0.366. The van der Waals surface area contributed by atoms with Gasteiger partial charge in [0.25, 0.3) is 5.91 Å². The Morgan fingerprint density at radius 3 is 2.73 bits per heavy atom. The Hall–Kier alpha value is -2.37. The summed E-state index contributed by atoms with van der Waals surface area (Å²) in [6.07, 6.45) is 1.05. The SMILES string of the molecule is CCCNC(=O)C/C(C)=N/NC(=O)COc1cccc(C)c1. The Bertz CT molecular complexity index is 541. The van der Waals surface area contributed by atoms with E-state index in [1.165, 1.54) is 0 Å². The van der Waals surface area contributed by atoms with Crippen LogP contribution in [0.25, 0.3) is 0 Å². The molecule has 0 unspecified atom stereocenters. The van der Waals surface area contributed by atoms with Crippen molar-refractivity contribution in [1.82, 2.24) is 10.7 Å². The van der Waals surface area contributed by atoms with Crippen molar-refractivity contribution in [1.29, 1.82) is 0 Å². The summed E-state index contributed by atoms with van der Waals surface area (Å²) in [5.41, 5.74) is 3.97. The van der Waals surface area contributed by atoms with E-state index in [2.05, 4.69) is 15.8 Å². The van der Waals surface area contributed by atoms with Crippen LogP contribution in [-0.4, -0.2) is 30.7 Å². The van der Waals surface area contributed by atoms with Gasteiger partial charge in [0, 0.05) is 12.3 Å². The smallest absolute Gasteiger partial charge is 0.277 e. The van der Waals surface area contributed by atoms with Gasteiger partial charge in [0.2, 0.25) is 5.91 Å². The van der Waals surface area contributed by atoms with Crippen LogP contribution in [-0.2, 0) is 9.59 Å². The Labute approximate surface area is 130 Å². The van der Waals surface area contributed by atoms with Crippen molar-refractivity contribution in [3.05, 3.63) is 29.8 Å². The molecule has 0 saturated heterocycles. The maximum absolute atomic E-state index is 11.6. The van der Waals surface area contributed by atoms with E-state index in [9.17, 15) is 9.59 Å². The highest BCUT2D eigenvalue weighted by Crippen LogP contribution is 2.11. The van der Waals surface area contributed by atoms with Gasteiger partial charge in [-0.25, -0.2) is 5.43 Å². The van der Waals surface area contributed by atoms with Gasteiger partial charge in [-0.2, -0.15) is 5.10 Å². The first-order chi connectivity index (χ1) is 10.5. The van der Waals surface area contributed by atoms with Gasteiger partial charge in [0.05, 0.1) is 6.42 Å². The maximum Gasteiger partial charge on any atom is 0.277 e. The molecule has 1 rings (SSSR count). The number of carbonyl (C=O) groups is 2. The molecule has 22 heavy (non-hydrogen) atoms. The predicted molar refractivity (Wildman–Crippen MR) is 85.8 cm³/mol. The van der Waals surface area contributed by atoms with Crippen molar-refractivity contribution in [2.24, 2.45) is 5.10 Å². The average molecular weight is 305 g/mol. The molecule has 6 nitrogen and oxygen atoms in total. The van der Waals surface area contributed by atoms with Crippen molar-refractivity contribution in [3.8, 4) is 5.75 Å². The fraction of sp³-hybridized carbons (Fsp3) is 0.438. The number of ether oxygens (including phenoxy) is 1. The number of amides is 2. The van der Waals surface area contributed by atoms with E-state index >= 15 is 0 Å². The normalized spacial score (nSPS) is 11.0. The number of hydrogen-bond donors (Lipinski definition) is 2. The van der Waals surface area contributed by atoms with Gasteiger partial charge in [-0.1, -0.05) is 19.1 Å². The molecule has 0 radical (unpaired) electrons. The van der Waals surface area contributed by atoms with Crippen molar-refractivity contribution in [3.63, 3.8) is 0 Å². The van der Waals surface area contributed by atoms with Gasteiger partial charge >= 0.3 is 0 Å². The van der Waals surface area contributed by atoms with E-state index in [0.29, 0.717) is 18.0 Å². The van der Waals surface area contributed by atoms with E-state index in [4.69, 9.17) is 4.74 Å². The Morgan fingerprint density at radius 1 is 1.27 bits per heavy atom. The molecule has 2 N–H and O–H groups in total. The van der Waals surface area contributed by atoms with Crippen LogP contribution in [0.15, 0.2) is 29.4 Å². The molecule has 0 aliphatic rings. The summed E-state index contributed by atoms with van der Waals surface area (Å²) < 4.78 is 5.35. The molecule has 1 aromatic carbocycles. The van der Waals surface area contributed by atoms with Crippen molar-refractivity contribution >= 4 is 17.5 Å². The molecule has 0 heterocycles. The Kier molecular flexibility index (Phi) is 7.67. The predicted octanol–water partition coefficient (Wildman–Crippen LogP) is 1.78. The third kappa shape index (κ3) is 7.42. The fourth-order valence-corrected chi connectivity index (χ4v) is 1.64. The average Bonchev–Trinajstić information content (AvgIpc) is 2.49. The molecule has 6 heteroatoms. The summed E-state index contributed by atoms with van der Waals surface area (Å²) in [5, 5.41) is 6.62. The number of nitrogens with zero attached hydrogens (tertiary/aromatic N) is 1. The number of aryl methyl sites for hydroxylation is 1. The molecular formula is C16H23N3O3. The number of nitrogens with one attached hydrogen (secondary N) is 2. The molecule has 2 amide bonds. The molecule has 0 saturated carbocycles. The van der Waals surface area contributed by atoms with Crippen LogP contribution in [0.2, 0.25) is 0 Å². The van der Waals surface area contributed by atoms with E-state index in [0.717, 1.165) is 12.0 Å². The lowest BCUT2D eigenvalue weighted by Gasteiger charge is -2.06. The lowest BCUT2D eigenvalue weighted by molar-refractivity contribution is -0.123. The number of carbonyl (C=O) groups excluding carboxylic acids is 2. The molecule has 0 aromatic heterocycles. The highest BCUT2D eigenvalue weighted by Gasteiger charge is 2.05. The first-order valence-electron chi connectivity index (χ1n) is 7.29. The van der Waals surface area contributed by atoms with Crippen LogP contribution < -0.4 is 15.5 Å². The molecule has 0 fully saturated rings. The second-order valence-electron chi connectivity index (χ2n) is 5.01. The van der Waals surface area contributed by atoms with Gasteiger partial charge in [0.15, 0.2) is 6.61 Å². The van der Waals surface area contributed by atoms with Gasteiger partial charge < -0.3 is 10.1 Å². The van der Waals surface area contributed by atoms with Gasteiger partial charge in [-0.15, -0.1) is 0 Å². The summed E-state index contributed by atoms with van der Waals surface area (Å²) in [4.78, 5) is 23.1. The zero-order valence-electron chi connectivity index (χ0n) is 13.3. The quantitative estimate of drug-likeness (QED) is 0.567. The third-order valence-electron chi connectivity index (χ3n) is 2.72. The summed E-state index contributed by atoms with van der Waals surface area (Å²) in [6.45, 7) is 6.14. The molecule has 0 aliphatic carbocycles. The minimum absolute atomic E-state index is 0.103. The second-order valence-corrected chi connectivity index (χ2v) is 5.01. The van der Waals surface area contributed by atoms with Gasteiger partial charge in [0.1, 0.15) is 5.75 Å². The van der Waals surface area contributed by atoms with Crippen LogP contribution in [0.1, 0.15) is 32.3 Å². The summed E-state index contributed by atoms with van der Waals surface area (Å²) in [5.74, 6) is 0.165. The number of hydrogen-bond acceptors (Lipinski definition) is 4. The standard InChI is InChI=1S/C16H23N3O3/c1-4-8-17-15(20)10-13(3)18-19-16(21)11-22-14-7-5-6-12(2)9-14/h5-7,9H,4,8,10-11H2,1-3H3,(H,17,20)(H,19,21)/b18-13+. The van der Waals surface area contributed by atoms with Crippen LogP contribution in [0.4, 0.5) is 0 Å². The zero-order valence-corrected chi connectivity index (χ0v) is 13.3. The molecule has 1 aromatic rings. The topological polar surface area (TPSA) is 79.8 Å². The Balaban J connectivity index is 2.32. The Morgan fingerprint density at radius 2 is 2.05 bits per heavy atom. The van der Waals surface area contributed by atoms with Crippen LogP contribution >= 0.6 is 0 Å². The first-order valence-corrected chi connectivity index (χ1v) is 7.29. The van der Waals surface area contributed by atoms with Gasteiger partial charge in [-0.3, -0.25) is 9.59 Å². The molecule has 0 aliphatic heterocycles. The monoisotopic (exact) mass is 305 g/mol. The van der Waals surface area contributed by atoms with Crippen molar-refractivity contribution < 1.29 is 14.3 Å². The lowest BCUT2D eigenvalue weighted by atomic mass is 10.2. The van der Waals surface area contributed by atoms with Gasteiger partial charge in [-0.05, 0) is 38.0 Å². The molecule has 0 spiro atoms. The van der Waals surface area contributed by atoms with E-state index in [1.54, 1.807) is 13.0 Å². The fourth-order valence-electron chi connectivity index (χ4n) is 1.64. The number of hydrazone groups is 1. The molecular weight excluding hydrogens is 282 g/mol. The van der Waals surface area contributed by atoms with Crippen LogP contribution in [0, 0.1) is 6.92 Å². The summed E-state index contributed by atoms with van der Waals surface area (Å²) in [7, 11) is 0. The number of benzene rings is 1. The molecule has 0 atom stereocenters. The number of rotatable bonds is 8. The van der Waals surface area contributed by atoms with Crippen molar-refractivity contribution in [2.75, 3.05) is 13.2 Å². The lowest BCUT2D eigenvalue weighted by Crippen LogP contribution is -2.28. The first kappa shape index (κ1) is 17.7. The third-order valence-corrected chi connectivity index (χ3v) is 2.72. The minimum Gasteiger partial charge on any atom is -0.484 e. The second kappa shape index (κ2) is 9.55. The van der Waals surface area contributed by atoms with E-state index in [1.807, 2.05) is 32.0 Å². The molecule has 0 bridgehead atoms.